The minimum atomic E-state index is 0.269. The summed E-state index contributed by atoms with van der Waals surface area (Å²) in [5.74, 6) is 1.23. The zero-order valence-corrected chi connectivity index (χ0v) is 7.14. The maximum atomic E-state index is 5.10. The molecule has 2 aromatic rings. The summed E-state index contributed by atoms with van der Waals surface area (Å²) in [5.41, 5.74) is 0.822. The standard InChI is InChI=1S/C7H6N2O2S/c1-4-5(2-3-10-4)6-8-9-7(12)11-6/h2-3H,1H3,(H,9,12). The highest BCUT2D eigenvalue weighted by molar-refractivity contribution is 7.71. The van der Waals surface area contributed by atoms with Crippen LogP contribution in [0.15, 0.2) is 21.2 Å². The molecule has 0 aliphatic heterocycles. The molecule has 0 atom stereocenters. The van der Waals surface area contributed by atoms with Gasteiger partial charge in [-0.2, -0.15) is 0 Å². The summed E-state index contributed by atoms with van der Waals surface area (Å²) < 4.78 is 10.2. The van der Waals surface area contributed by atoms with Gasteiger partial charge in [0.15, 0.2) is 0 Å². The molecule has 2 heterocycles. The first-order chi connectivity index (χ1) is 5.77. The van der Waals surface area contributed by atoms with E-state index in [2.05, 4.69) is 10.2 Å². The van der Waals surface area contributed by atoms with E-state index in [4.69, 9.17) is 21.1 Å². The number of aromatic amines is 1. The average molecular weight is 182 g/mol. The van der Waals surface area contributed by atoms with E-state index < -0.39 is 0 Å². The summed E-state index contributed by atoms with van der Waals surface area (Å²) in [6.07, 6.45) is 1.58. The molecule has 0 aliphatic rings. The minimum absolute atomic E-state index is 0.269. The lowest BCUT2D eigenvalue weighted by Gasteiger charge is -1.87. The first-order valence-electron chi connectivity index (χ1n) is 3.37. The van der Waals surface area contributed by atoms with Crippen molar-refractivity contribution in [1.29, 1.82) is 0 Å². The third-order valence-corrected chi connectivity index (χ3v) is 1.70. The first-order valence-corrected chi connectivity index (χ1v) is 3.78. The zero-order chi connectivity index (χ0) is 8.55. The largest absolute Gasteiger partial charge is 0.469 e. The topological polar surface area (TPSA) is 55.0 Å². The zero-order valence-electron chi connectivity index (χ0n) is 6.33. The molecule has 2 rings (SSSR count). The van der Waals surface area contributed by atoms with E-state index >= 15 is 0 Å². The van der Waals surface area contributed by atoms with E-state index in [1.54, 1.807) is 12.3 Å². The molecule has 5 heteroatoms. The van der Waals surface area contributed by atoms with Crippen LogP contribution >= 0.6 is 12.2 Å². The van der Waals surface area contributed by atoms with Gasteiger partial charge in [-0.15, -0.1) is 5.10 Å². The van der Waals surface area contributed by atoms with E-state index in [9.17, 15) is 0 Å². The maximum absolute atomic E-state index is 5.10. The average Bonchev–Trinajstić information content (AvgIpc) is 2.58. The van der Waals surface area contributed by atoms with Gasteiger partial charge in [-0.05, 0) is 25.2 Å². The third kappa shape index (κ3) is 1.08. The van der Waals surface area contributed by atoms with Crippen LogP contribution < -0.4 is 0 Å². The number of hydrogen-bond donors (Lipinski definition) is 1. The van der Waals surface area contributed by atoms with Crippen molar-refractivity contribution >= 4 is 12.2 Å². The van der Waals surface area contributed by atoms with Crippen LogP contribution in [-0.2, 0) is 0 Å². The molecule has 12 heavy (non-hydrogen) atoms. The van der Waals surface area contributed by atoms with Crippen LogP contribution in [0.3, 0.4) is 0 Å². The van der Waals surface area contributed by atoms with Gasteiger partial charge in [-0.25, -0.2) is 5.10 Å². The Morgan fingerprint density at radius 1 is 1.58 bits per heavy atom. The van der Waals surface area contributed by atoms with Gasteiger partial charge in [0.25, 0.3) is 4.84 Å². The Balaban J connectivity index is 2.57. The number of nitrogens with one attached hydrogen (secondary N) is 1. The molecule has 2 aromatic heterocycles. The van der Waals surface area contributed by atoms with Crippen molar-refractivity contribution in [3.05, 3.63) is 22.9 Å². The lowest BCUT2D eigenvalue weighted by atomic mass is 10.3. The minimum Gasteiger partial charge on any atom is -0.469 e. The Labute approximate surface area is 73.2 Å². The Morgan fingerprint density at radius 2 is 2.42 bits per heavy atom. The van der Waals surface area contributed by atoms with Crippen molar-refractivity contribution in [2.75, 3.05) is 0 Å². The van der Waals surface area contributed by atoms with Crippen molar-refractivity contribution in [3.8, 4) is 11.5 Å². The van der Waals surface area contributed by atoms with Gasteiger partial charge in [-0.1, -0.05) is 0 Å². The second-order valence-electron chi connectivity index (χ2n) is 2.31. The van der Waals surface area contributed by atoms with E-state index in [-0.39, 0.29) is 4.84 Å². The number of H-pyrrole nitrogens is 1. The molecule has 4 nitrogen and oxygen atoms in total. The number of furan rings is 1. The fraction of sp³-hybridized carbons (Fsp3) is 0.143. The van der Waals surface area contributed by atoms with Crippen molar-refractivity contribution in [1.82, 2.24) is 10.2 Å². The van der Waals surface area contributed by atoms with Crippen LogP contribution in [0.25, 0.3) is 11.5 Å². The van der Waals surface area contributed by atoms with Gasteiger partial charge in [-0.3, -0.25) is 0 Å². The number of nitrogens with zero attached hydrogens (tertiary/aromatic N) is 1. The molecule has 0 saturated carbocycles. The summed E-state index contributed by atoms with van der Waals surface area (Å²) in [7, 11) is 0. The molecule has 1 N–H and O–H groups in total. The normalized spacial score (nSPS) is 10.4. The van der Waals surface area contributed by atoms with E-state index in [0.717, 1.165) is 11.3 Å². The van der Waals surface area contributed by atoms with Gasteiger partial charge < -0.3 is 8.83 Å². The van der Waals surface area contributed by atoms with Crippen molar-refractivity contribution < 1.29 is 8.83 Å². The van der Waals surface area contributed by atoms with Crippen LogP contribution in [0.2, 0.25) is 0 Å². The van der Waals surface area contributed by atoms with E-state index in [1.165, 1.54) is 0 Å². The van der Waals surface area contributed by atoms with Gasteiger partial charge >= 0.3 is 0 Å². The van der Waals surface area contributed by atoms with Crippen molar-refractivity contribution in [3.63, 3.8) is 0 Å². The highest BCUT2D eigenvalue weighted by Gasteiger charge is 2.08. The highest BCUT2D eigenvalue weighted by atomic mass is 32.1. The molecule has 0 bridgehead atoms. The fourth-order valence-corrected chi connectivity index (χ4v) is 1.08. The summed E-state index contributed by atoms with van der Waals surface area (Å²) in [6.45, 7) is 1.84. The smallest absolute Gasteiger partial charge is 0.284 e. The van der Waals surface area contributed by atoms with Crippen LogP contribution in [0.5, 0.6) is 0 Å². The Bertz CT molecular complexity index is 440. The Morgan fingerprint density at radius 3 is 2.92 bits per heavy atom. The molecule has 0 aliphatic carbocycles. The molecular formula is C7H6N2O2S. The van der Waals surface area contributed by atoms with E-state index in [1.807, 2.05) is 6.92 Å². The van der Waals surface area contributed by atoms with Crippen molar-refractivity contribution in [2.45, 2.75) is 6.92 Å². The Hall–Kier alpha value is -1.36. The predicted octanol–water partition coefficient (Wildman–Crippen LogP) is 2.30. The lowest BCUT2D eigenvalue weighted by Crippen LogP contribution is -1.76. The second kappa shape index (κ2) is 2.60. The molecule has 0 saturated heterocycles. The number of aryl methyl sites for hydroxylation is 1. The van der Waals surface area contributed by atoms with Crippen LogP contribution in [0.1, 0.15) is 5.76 Å². The quantitative estimate of drug-likeness (QED) is 0.687. The second-order valence-corrected chi connectivity index (χ2v) is 2.68. The molecular weight excluding hydrogens is 176 g/mol. The SMILES string of the molecule is Cc1occc1-c1n[nH]c(=S)o1. The van der Waals surface area contributed by atoms with Gasteiger partial charge in [0.1, 0.15) is 5.76 Å². The predicted molar refractivity (Wildman–Crippen MR) is 44.1 cm³/mol. The van der Waals surface area contributed by atoms with Crippen molar-refractivity contribution in [2.24, 2.45) is 0 Å². The maximum Gasteiger partial charge on any atom is 0.284 e. The molecule has 0 amide bonds. The third-order valence-electron chi connectivity index (χ3n) is 1.53. The first kappa shape index (κ1) is 7.30. The number of aromatic nitrogens is 2. The molecule has 62 valence electrons. The summed E-state index contributed by atoms with van der Waals surface area (Å²) >= 11 is 4.73. The molecule has 0 fully saturated rings. The monoisotopic (exact) mass is 182 g/mol. The molecule has 0 radical (unpaired) electrons. The molecule has 0 aromatic carbocycles. The summed E-state index contributed by atoms with van der Waals surface area (Å²) in [6, 6.07) is 1.78. The summed E-state index contributed by atoms with van der Waals surface area (Å²) in [5, 5.41) is 6.40. The van der Waals surface area contributed by atoms with Crippen LogP contribution in [0.4, 0.5) is 0 Å². The summed E-state index contributed by atoms with van der Waals surface area (Å²) in [4.78, 5) is 0.269. The molecule has 0 unspecified atom stereocenters. The van der Waals surface area contributed by atoms with E-state index in [0.29, 0.717) is 5.89 Å². The highest BCUT2D eigenvalue weighted by Crippen LogP contribution is 2.21. The number of hydrogen-bond acceptors (Lipinski definition) is 4. The Kier molecular flexibility index (Phi) is 1.58. The number of rotatable bonds is 1. The van der Waals surface area contributed by atoms with Gasteiger partial charge in [0, 0.05) is 0 Å². The fourth-order valence-electron chi connectivity index (χ4n) is 0.952. The van der Waals surface area contributed by atoms with Crippen LogP contribution in [0, 0.1) is 11.8 Å². The van der Waals surface area contributed by atoms with Gasteiger partial charge in [0.05, 0.1) is 11.8 Å². The lowest BCUT2D eigenvalue weighted by molar-refractivity contribution is 0.526. The van der Waals surface area contributed by atoms with Crippen LogP contribution in [-0.4, -0.2) is 10.2 Å². The molecule has 0 spiro atoms. The van der Waals surface area contributed by atoms with Gasteiger partial charge in [0.2, 0.25) is 5.89 Å².